The molecule has 2 aliphatic heterocycles. The molecule has 3 rings (SSSR count). The maximum absolute atomic E-state index is 12.5. The number of likely N-dealkylation sites (tertiary alicyclic amines) is 1. The van der Waals surface area contributed by atoms with E-state index in [0.717, 1.165) is 19.3 Å². The van der Waals surface area contributed by atoms with Crippen LogP contribution in [0.25, 0.3) is 0 Å². The lowest BCUT2D eigenvalue weighted by Gasteiger charge is -2.30. The Hall–Kier alpha value is -1.84. The van der Waals surface area contributed by atoms with E-state index in [1.165, 1.54) is 12.1 Å². The van der Waals surface area contributed by atoms with Gasteiger partial charge >= 0.3 is 0 Å². The second kappa shape index (κ2) is 8.24. The number of hydrogen-bond donors (Lipinski definition) is 2. The molecule has 1 atom stereocenters. The van der Waals surface area contributed by atoms with Crippen molar-refractivity contribution in [2.24, 2.45) is 5.73 Å². The van der Waals surface area contributed by atoms with Crippen molar-refractivity contribution in [3.05, 3.63) is 18.2 Å². The minimum atomic E-state index is -3.72. The normalized spacial score (nSPS) is 20.5. The van der Waals surface area contributed by atoms with Crippen LogP contribution in [0.15, 0.2) is 23.1 Å². The minimum Gasteiger partial charge on any atom is -0.490 e. The number of carbonyl (C=O) groups excluding carboxylic acids is 1. The molecule has 144 valence electrons. The van der Waals surface area contributed by atoms with Crippen molar-refractivity contribution in [2.75, 3.05) is 32.8 Å². The van der Waals surface area contributed by atoms with Crippen LogP contribution < -0.4 is 19.9 Å². The summed E-state index contributed by atoms with van der Waals surface area (Å²) in [6.45, 7) is 2.28. The van der Waals surface area contributed by atoms with Crippen molar-refractivity contribution in [3.8, 4) is 11.5 Å². The van der Waals surface area contributed by atoms with Crippen LogP contribution in [0.1, 0.15) is 25.7 Å². The fourth-order valence-electron chi connectivity index (χ4n) is 3.08. The van der Waals surface area contributed by atoms with Crippen LogP contribution >= 0.6 is 0 Å². The molecule has 0 spiro atoms. The van der Waals surface area contributed by atoms with Gasteiger partial charge in [-0.25, -0.2) is 13.1 Å². The third kappa shape index (κ3) is 4.66. The third-order valence-electron chi connectivity index (χ3n) is 4.47. The Bertz CT molecular complexity index is 753. The zero-order chi connectivity index (χ0) is 18.6. The molecule has 1 aromatic rings. The summed E-state index contributed by atoms with van der Waals surface area (Å²) in [5, 5.41) is 0. The molecule has 2 aliphatic rings. The summed E-state index contributed by atoms with van der Waals surface area (Å²) in [4.78, 5) is 14.0. The van der Waals surface area contributed by atoms with E-state index < -0.39 is 10.0 Å². The van der Waals surface area contributed by atoms with Crippen LogP contribution in [-0.4, -0.2) is 58.1 Å². The number of nitrogens with zero attached hydrogens (tertiary/aromatic N) is 1. The van der Waals surface area contributed by atoms with E-state index in [9.17, 15) is 13.2 Å². The van der Waals surface area contributed by atoms with Crippen LogP contribution in [0.3, 0.4) is 0 Å². The molecule has 9 heteroatoms. The SMILES string of the molecule is NC1CCCN(C(=O)CCNS(=O)(=O)c2ccc3c(c2)OCCCO3)C1. The largest absolute Gasteiger partial charge is 0.490 e. The molecule has 8 nitrogen and oxygen atoms in total. The summed E-state index contributed by atoms with van der Waals surface area (Å²) in [7, 11) is -3.72. The predicted molar refractivity (Wildman–Crippen MR) is 95.6 cm³/mol. The fourth-order valence-corrected chi connectivity index (χ4v) is 4.13. The monoisotopic (exact) mass is 383 g/mol. The zero-order valence-electron chi connectivity index (χ0n) is 14.6. The van der Waals surface area contributed by atoms with E-state index in [0.29, 0.717) is 37.8 Å². The van der Waals surface area contributed by atoms with Crippen molar-refractivity contribution in [1.29, 1.82) is 0 Å². The van der Waals surface area contributed by atoms with Crippen molar-refractivity contribution in [2.45, 2.75) is 36.6 Å². The van der Waals surface area contributed by atoms with E-state index in [2.05, 4.69) is 4.72 Å². The number of benzene rings is 1. The van der Waals surface area contributed by atoms with E-state index in [-0.39, 0.29) is 29.8 Å². The van der Waals surface area contributed by atoms with Gasteiger partial charge in [0.25, 0.3) is 0 Å². The van der Waals surface area contributed by atoms with Gasteiger partial charge in [0, 0.05) is 44.6 Å². The summed E-state index contributed by atoms with van der Waals surface area (Å²) < 4.78 is 38.4. The van der Waals surface area contributed by atoms with Crippen LogP contribution in [0, 0.1) is 0 Å². The quantitative estimate of drug-likeness (QED) is 0.764. The van der Waals surface area contributed by atoms with Crippen molar-refractivity contribution in [3.63, 3.8) is 0 Å². The molecule has 26 heavy (non-hydrogen) atoms. The molecule has 1 unspecified atom stereocenters. The van der Waals surface area contributed by atoms with E-state index in [1.807, 2.05) is 0 Å². The van der Waals surface area contributed by atoms with Gasteiger partial charge in [-0.05, 0) is 25.0 Å². The zero-order valence-corrected chi connectivity index (χ0v) is 15.5. The first-order valence-electron chi connectivity index (χ1n) is 8.88. The predicted octanol–water partition coefficient (Wildman–Crippen LogP) is 0.466. The summed E-state index contributed by atoms with van der Waals surface area (Å²) in [6.07, 6.45) is 2.66. The molecule has 3 N–H and O–H groups in total. The molecule has 0 bridgehead atoms. The number of rotatable bonds is 5. The Kier molecular flexibility index (Phi) is 6.00. The lowest BCUT2D eigenvalue weighted by Crippen LogP contribution is -2.46. The first-order valence-corrected chi connectivity index (χ1v) is 10.4. The molecular weight excluding hydrogens is 358 g/mol. The smallest absolute Gasteiger partial charge is 0.240 e. The molecule has 0 aliphatic carbocycles. The van der Waals surface area contributed by atoms with Gasteiger partial charge in [0.15, 0.2) is 11.5 Å². The molecule has 1 fully saturated rings. The van der Waals surface area contributed by atoms with Gasteiger partial charge in [-0.2, -0.15) is 0 Å². The number of nitrogens with two attached hydrogens (primary N) is 1. The van der Waals surface area contributed by atoms with Gasteiger partial charge in [0.1, 0.15) is 0 Å². The highest BCUT2D eigenvalue weighted by molar-refractivity contribution is 7.89. The highest BCUT2D eigenvalue weighted by atomic mass is 32.2. The lowest BCUT2D eigenvalue weighted by atomic mass is 10.1. The van der Waals surface area contributed by atoms with Gasteiger partial charge in [0.2, 0.25) is 15.9 Å². The highest BCUT2D eigenvalue weighted by Gasteiger charge is 2.22. The highest BCUT2D eigenvalue weighted by Crippen LogP contribution is 2.31. The van der Waals surface area contributed by atoms with E-state index >= 15 is 0 Å². The van der Waals surface area contributed by atoms with E-state index in [4.69, 9.17) is 15.2 Å². The van der Waals surface area contributed by atoms with Crippen molar-refractivity contribution in [1.82, 2.24) is 9.62 Å². The van der Waals surface area contributed by atoms with Gasteiger partial charge < -0.3 is 20.1 Å². The molecule has 2 heterocycles. The summed E-state index contributed by atoms with van der Waals surface area (Å²) in [5.41, 5.74) is 5.88. The molecule has 0 saturated carbocycles. The Morgan fingerprint density at radius 1 is 1.23 bits per heavy atom. The number of nitrogens with one attached hydrogen (secondary N) is 1. The standard InChI is InChI=1S/C17H25N3O5S/c18-13-3-1-8-20(12-13)17(21)6-7-19-26(22,23)14-4-5-15-16(11-14)25-10-2-9-24-15/h4-5,11,13,19H,1-3,6-10,12,18H2. The van der Waals surface area contributed by atoms with Crippen LogP contribution in [0.4, 0.5) is 0 Å². The minimum absolute atomic E-state index is 0.00573. The lowest BCUT2D eigenvalue weighted by molar-refractivity contribution is -0.132. The Morgan fingerprint density at radius 3 is 2.77 bits per heavy atom. The number of carbonyl (C=O) groups is 1. The molecule has 0 aromatic heterocycles. The Labute approximate surface area is 153 Å². The topological polar surface area (TPSA) is 111 Å². The molecule has 1 aromatic carbocycles. The van der Waals surface area contributed by atoms with Gasteiger partial charge in [-0.3, -0.25) is 4.79 Å². The number of hydrogen-bond acceptors (Lipinski definition) is 6. The third-order valence-corrected chi connectivity index (χ3v) is 5.93. The molecule has 1 saturated heterocycles. The summed E-state index contributed by atoms with van der Waals surface area (Å²) in [5.74, 6) is 0.878. The number of amides is 1. The molecule has 0 radical (unpaired) electrons. The maximum atomic E-state index is 12.5. The summed E-state index contributed by atoms with van der Waals surface area (Å²) >= 11 is 0. The van der Waals surface area contributed by atoms with Crippen LogP contribution in [0.2, 0.25) is 0 Å². The van der Waals surface area contributed by atoms with Crippen molar-refractivity contribution < 1.29 is 22.7 Å². The average Bonchev–Trinajstić information content (AvgIpc) is 2.86. The second-order valence-electron chi connectivity index (χ2n) is 6.55. The van der Waals surface area contributed by atoms with Gasteiger partial charge in [-0.15, -0.1) is 0 Å². The summed E-state index contributed by atoms with van der Waals surface area (Å²) in [6, 6.07) is 4.52. The van der Waals surface area contributed by atoms with Crippen LogP contribution in [0.5, 0.6) is 11.5 Å². The van der Waals surface area contributed by atoms with Gasteiger partial charge in [-0.1, -0.05) is 0 Å². The first-order chi connectivity index (χ1) is 12.5. The Balaban J connectivity index is 1.57. The second-order valence-corrected chi connectivity index (χ2v) is 8.32. The number of piperidine rings is 1. The van der Waals surface area contributed by atoms with Crippen molar-refractivity contribution >= 4 is 15.9 Å². The fraction of sp³-hybridized carbons (Fsp3) is 0.588. The Morgan fingerprint density at radius 2 is 2.00 bits per heavy atom. The van der Waals surface area contributed by atoms with Crippen LogP contribution in [-0.2, 0) is 14.8 Å². The molecular formula is C17H25N3O5S. The maximum Gasteiger partial charge on any atom is 0.240 e. The molecule has 1 amide bonds. The van der Waals surface area contributed by atoms with E-state index in [1.54, 1.807) is 11.0 Å². The number of ether oxygens (including phenoxy) is 2. The number of fused-ring (bicyclic) bond motifs is 1. The number of sulfonamides is 1. The van der Waals surface area contributed by atoms with Gasteiger partial charge in [0.05, 0.1) is 18.1 Å². The average molecular weight is 383 g/mol. The first kappa shape index (κ1) is 18.9.